The summed E-state index contributed by atoms with van der Waals surface area (Å²) >= 11 is 0. The fraction of sp³-hybridized carbons (Fsp3) is 0.294. The van der Waals surface area contributed by atoms with Gasteiger partial charge in [-0.2, -0.15) is 0 Å². The Labute approximate surface area is 120 Å². The fourth-order valence-electron chi connectivity index (χ4n) is 2.11. The van der Waals surface area contributed by atoms with Crippen LogP contribution in [0.15, 0.2) is 54.6 Å². The minimum absolute atomic E-state index is 0.00646. The van der Waals surface area contributed by atoms with Crippen molar-refractivity contribution in [1.82, 2.24) is 5.32 Å². The van der Waals surface area contributed by atoms with Crippen molar-refractivity contribution < 1.29 is 9.84 Å². The number of para-hydroxylation sites is 1. The Morgan fingerprint density at radius 2 is 1.75 bits per heavy atom. The zero-order valence-electron chi connectivity index (χ0n) is 11.9. The van der Waals surface area contributed by atoms with Crippen molar-refractivity contribution in [2.24, 2.45) is 0 Å². The van der Waals surface area contributed by atoms with Gasteiger partial charge in [0.05, 0.1) is 6.10 Å². The van der Waals surface area contributed by atoms with E-state index in [4.69, 9.17) is 4.74 Å². The molecule has 0 heterocycles. The molecule has 0 saturated carbocycles. The Bertz CT molecular complexity index is 528. The molecule has 3 nitrogen and oxygen atoms in total. The lowest BCUT2D eigenvalue weighted by molar-refractivity contribution is 0.137. The minimum Gasteiger partial charge on any atom is -0.457 e. The molecule has 0 aliphatic carbocycles. The Hall–Kier alpha value is -1.84. The van der Waals surface area contributed by atoms with E-state index >= 15 is 0 Å². The standard InChI is InChI=1S/C17H21NO2/c1-3-18-13(2)17(19)14-8-7-11-16(12-14)20-15-9-5-4-6-10-15/h4-13,17-19H,3H2,1-2H3. The van der Waals surface area contributed by atoms with Crippen molar-refractivity contribution in [1.29, 1.82) is 0 Å². The average Bonchev–Trinajstić information content (AvgIpc) is 2.48. The molecule has 0 bridgehead atoms. The molecular weight excluding hydrogens is 250 g/mol. The van der Waals surface area contributed by atoms with Gasteiger partial charge in [0, 0.05) is 6.04 Å². The number of rotatable bonds is 6. The van der Waals surface area contributed by atoms with Crippen molar-refractivity contribution in [3.8, 4) is 11.5 Å². The van der Waals surface area contributed by atoms with Crippen LogP contribution in [0.2, 0.25) is 0 Å². The number of aliphatic hydroxyl groups is 1. The molecule has 3 heteroatoms. The summed E-state index contributed by atoms with van der Waals surface area (Å²) in [7, 11) is 0. The predicted octanol–water partition coefficient (Wildman–Crippen LogP) is 3.51. The van der Waals surface area contributed by atoms with Gasteiger partial charge in [0.2, 0.25) is 0 Å². The van der Waals surface area contributed by atoms with Gasteiger partial charge in [-0.05, 0) is 43.3 Å². The highest BCUT2D eigenvalue weighted by Crippen LogP contribution is 2.25. The van der Waals surface area contributed by atoms with Gasteiger partial charge in [-0.15, -0.1) is 0 Å². The van der Waals surface area contributed by atoms with Crippen LogP contribution < -0.4 is 10.1 Å². The Kier molecular flexibility index (Phi) is 5.16. The van der Waals surface area contributed by atoms with Crippen LogP contribution in [0.1, 0.15) is 25.5 Å². The molecule has 2 aromatic carbocycles. The van der Waals surface area contributed by atoms with E-state index in [9.17, 15) is 5.11 Å². The number of hydrogen-bond donors (Lipinski definition) is 2. The van der Waals surface area contributed by atoms with E-state index in [0.717, 1.165) is 23.6 Å². The van der Waals surface area contributed by atoms with Crippen molar-refractivity contribution in [3.05, 3.63) is 60.2 Å². The molecule has 0 fully saturated rings. The molecule has 20 heavy (non-hydrogen) atoms. The minimum atomic E-state index is -0.547. The molecule has 2 rings (SSSR count). The highest BCUT2D eigenvalue weighted by Gasteiger charge is 2.15. The summed E-state index contributed by atoms with van der Waals surface area (Å²) in [5, 5.41) is 13.5. The number of benzene rings is 2. The maximum absolute atomic E-state index is 10.3. The van der Waals surface area contributed by atoms with Gasteiger partial charge in [0.1, 0.15) is 11.5 Å². The van der Waals surface area contributed by atoms with E-state index in [1.807, 2.05) is 68.4 Å². The first-order chi connectivity index (χ1) is 9.70. The van der Waals surface area contributed by atoms with Crippen LogP contribution in [-0.2, 0) is 0 Å². The fourth-order valence-corrected chi connectivity index (χ4v) is 2.11. The lowest BCUT2D eigenvalue weighted by Gasteiger charge is -2.20. The summed E-state index contributed by atoms with van der Waals surface area (Å²) in [4.78, 5) is 0. The van der Waals surface area contributed by atoms with E-state index < -0.39 is 6.10 Å². The third-order valence-corrected chi connectivity index (χ3v) is 3.18. The first-order valence-electron chi connectivity index (χ1n) is 6.95. The number of ether oxygens (including phenoxy) is 1. The van der Waals surface area contributed by atoms with Crippen molar-refractivity contribution in [2.75, 3.05) is 6.54 Å². The monoisotopic (exact) mass is 271 g/mol. The molecule has 0 aliphatic heterocycles. The molecule has 0 aliphatic rings. The lowest BCUT2D eigenvalue weighted by atomic mass is 10.0. The summed E-state index contributed by atoms with van der Waals surface area (Å²) < 4.78 is 5.78. The molecule has 0 radical (unpaired) electrons. The second kappa shape index (κ2) is 7.08. The van der Waals surface area contributed by atoms with Crippen LogP contribution in [0.4, 0.5) is 0 Å². The normalized spacial score (nSPS) is 13.8. The van der Waals surface area contributed by atoms with Crippen LogP contribution in [0.3, 0.4) is 0 Å². The molecule has 2 unspecified atom stereocenters. The molecule has 0 spiro atoms. The third-order valence-electron chi connectivity index (χ3n) is 3.18. The van der Waals surface area contributed by atoms with E-state index in [0.29, 0.717) is 0 Å². The largest absolute Gasteiger partial charge is 0.457 e. The molecule has 0 saturated heterocycles. The van der Waals surface area contributed by atoms with E-state index in [2.05, 4.69) is 5.32 Å². The van der Waals surface area contributed by atoms with Gasteiger partial charge in [0.25, 0.3) is 0 Å². The number of hydrogen-bond acceptors (Lipinski definition) is 3. The van der Waals surface area contributed by atoms with E-state index in [-0.39, 0.29) is 6.04 Å². The molecule has 2 aromatic rings. The number of nitrogens with one attached hydrogen (secondary N) is 1. The van der Waals surface area contributed by atoms with Crippen molar-refractivity contribution >= 4 is 0 Å². The topological polar surface area (TPSA) is 41.5 Å². The van der Waals surface area contributed by atoms with E-state index in [1.165, 1.54) is 0 Å². The first-order valence-corrected chi connectivity index (χ1v) is 6.95. The van der Waals surface area contributed by atoms with Gasteiger partial charge in [-0.25, -0.2) is 0 Å². The zero-order valence-corrected chi connectivity index (χ0v) is 11.9. The van der Waals surface area contributed by atoms with Crippen LogP contribution >= 0.6 is 0 Å². The molecule has 2 atom stereocenters. The lowest BCUT2D eigenvalue weighted by Crippen LogP contribution is -2.31. The van der Waals surface area contributed by atoms with Gasteiger partial charge in [-0.1, -0.05) is 37.3 Å². The number of aliphatic hydroxyl groups excluding tert-OH is 1. The highest BCUT2D eigenvalue weighted by molar-refractivity contribution is 5.35. The summed E-state index contributed by atoms with van der Waals surface area (Å²) in [6, 6.07) is 17.2. The van der Waals surface area contributed by atoms with E-state index in [1.54, 1.807) is 0 Å². The first kappa shape index (κ1) is 14.6. The van der Waals surface area contributed by atoms with Crippen molar-refractivity contribution in [2.45, 2.75) is 26.0 Å². The Balaban J connectivity index is 2.11. The van der Waals surface area contributed by atoms with Crippen LogP contribution in [-0.4, -0.2) is 17.7 Å². The quantitative estimate of drug-likeness (QED) is 0.844. The highest BCUT2D eigenvalue weighted by atomic mass is 16.5. The van der Waals surface area contributed by atoms with Crippen LogP contribution in [0.5, 0.6) is 11.5 Å². The smallest absolute Gasteiger partial charge is 0.127 e. The molecule has 0 aromatic heterocycles. The molecule has 2 N–H and O–H groups in total. The van der Waals surface area contributed by atoms with Gasteiger partial charge in [0.15, 0.2) is 0 Å². The summed E-state index contributed by atoms with van der Waals surface area (Å²) in [5.41, 5.74) is 0.854. The molecule has 0 amide bonds. The SMILES string of the molecule is CCNC(C)C(O)c1cccc(Oc2ccccc2)c1. The van der Waals surface area contributed by atoms with Gasteiger partial charge < -0.3 is 15.2 Å². The van der Waals surface area contributed by atoms with Crippen LogP contribution in [0.25, 0.3) is 0 Å². The summed E-state index contributed by atoms with van der Waals surface area (Å²) in [6.45, 7) is 4.83. The summed E-state index contributed by atoms with van der Waals surface area (Å²) in [6.07, 6.45) is -0.547. The zero-order chi connectivity index (χ0) is 14.4. The van der Waals surface area contributed by atoms with Gasteiger partial charge >= 0.3 is 0 Å². The second-order valence-electron chi connectivity index (χ2n) is 4.78. The maximum Gasteiger partial charge on any atom is 0.127 e. The maximum atomic E-state index is 10.3. The molecular formula is C17H21NO2. The van der Waals surface area contributed by atoms with Crippen molar-refractivity contribution in [3.63, 3.8) is 0 Å². The van der Waals surface area contributed by atoms with Crippen LogP contribution in [0, 0.1) is 0 Å². The third kappa shape index (κ3) is 3.83. The average molecular weight is 271 g/mol. The van der Waals surface area contributed by atoms with Gasteiger partial charge in [-0.3, -0.25) is 0 Å². The summed E-state index contributed by atoms with van der Waals surface area (Å²) in [5.74, 6) is 1.52. The Morgan fingerprint density at radius 3 is 2.45 bits per heavy atom. The Morgan fingerprint density at radius 1 is 1.05 bits per heavy atom. The predicted molar refractivity (Wildman–Crippen MR) is 81.1 cm³/mol. The molecule has 106 valence electrons. The second-order valence-corrected chi connectivity index (χ2v) is 4.78. The number of likely N-dealkylation sites (N-methyl/N-ethyl adjacent to an activating group) is 1.